The van der Waals surface area contributed by atoms with E-state index < -0.39 is 11.9 Å². The minimum absolute atomic E-state index is 0.0581. The van der Waals surface area contributed by atoms with E-state index in [9.17, 15) is 9.59 Å². The van der Waals surface area contributed by atoms with Crippen LogP contribution in [0.2, 0.25) is 0 Å². The molecule has 1 aromatic carbocycles. The number of hydrogen-bond acceptors (Lipinski definition) is 5. The summed E-state index contributed by atoms with van der Waals surface area (Å²) in [5.41, 5.74) is 6.14. The smallest absolute Gasteiger partial charge is 0.230 e. The quantitative estimate of drug-likeness (QED) is 0.707. The number of aromatic nitrogens is 3. The molecule has 0 aliphatic rings. The summed E-state index contributed by atoms with van der Waals surface area (Å²) < 4.78 is 1.90. The van der Waals surface area contributed by atoms with E-state index in [4.69, 9.17) is 5.73 Å². The largest absolute Gasteiger partial charge is 0.370 e. The van der Waals surface area contributed by atoms with Crippen LogP contribution in [0, 0.1) is 0 Å². The molecule has 0 unspecified atom stereocenters. The third-order valence-electron chi connectivity index (χ3n) is 3.37. The van der Waals surface area contributed by atoms with E-state index in [-0.39, 0.29) is 24.1 Å². The molecule has 0 bridgehead atoms. The number of amides is 2. The summed E-state index contributed by atoms with van der Waals surface area (Å²) in [5.74, 6) is -0.460. The normalized spacial score (nSPS) is 12.1. The Hall–Kier alpha value is -2.35. The van der Waals surface area contributed by atoms with E-state index >= 15 is 0 Å². The fourth-order valence-electron chi connectivity index (χ4n) is 2.19. The second-order valence-corrected chi connectivity index (χ2v) is 6.55. The van der Waals surface area contributed by atoms with Gasteiger partial charge in [0.25, 0.3) is 0 Å². The molecular formula is C16H21N5O2S. The number of primary amides is 1. The number of rotatable bonds is 8. The molecule has 0 aliphatic heterocycles. The Morgan fingerprint density at radius 1 is 1.29 bits per heavy atom. The maximum absolute atomic E-state index is 12.2. The Kier molecular flexibility index (Phi) is 6.36. The molecular weight excluding hydrogens is 326 g/mol. The third kappa shape index (κ3) is 5.09. The minimum atomic E-state index is -0.462. The summed E-state index contributed by atoms with van der Waals surface area (Å²) in [6, 6.07) is 9.09. The average molecular weight is 347 g/mol. The Morgan fingerprint density at radius 2 is 2.00 bits per heavy atom. The summed E-state index contributed by atoms with van der Waals surface area (Å²) in [6.45, 7) is 4.04. The van der Waals surface area contributed by atoms with Crippen molar-refractivity contribution in [2.75, 3.05) is 5.75 Å². The molecule has 3 N–H and O–H groups in total. The highest BCUT2D eigenvalue weighted by molar-refractivity contribution is 7.99. The van der Waals surface area contributed by atoms with Crippen LogP contribution in [0.15, 0.2) is 41.8 Å². The van der Waals surface area contributed by atoms with Crippen molar-refractivity contribution < 1.29 is 9.59 Å². The van der Waals surface area contributed by atoms with Gasteiger partial charge in [-0.25, -0.2) is 0 Å². The number of nitrogens with zero attached hydrogens (tertiary/aromatic N) is 3. The first-order valence-electron chi connectivity index (χ1n) is 7.62. The minimum Gasteiger partial charge on any atom is -0.370 e. The molecule has 1 atom stereocenters. The second-order valence-electron chi connectivity index (χ2n) is 5.60. The molecule has 0 fully saturated rings. The summed E-state index contributed by atoms with van der Waals surface area (Å²) in [4.78, 5) is 23.5. The number of hydrogen-bond donors (Lipinski definition) is 2. The number of nitrogens with one attached hydrogen (secondary N) is 1. The van der Waals surface area contributed by atoms with Crippen molar-refractivity contribution in [3.63, 3.8) is 0 Å². The first-order valence-corrected chi connectivity index (χ1v) is 8.61. The van der Waals surface area contributed by atoms with Gasteiger partial charge in [0.2, 0.25) is 11.8 Å². The van der Waals surface area contributed by atoms with Crippen LogP contribution in [0.25, 0.3) is 0 Å². The van der Waals surface area contributed by atoms with Gasteiger partial charge in [0.1, 0.15) is 6.33 Å². The topological polar surface area (TPSA) is 103 Å². The average Bonchev–Trinajstić information content (AvgIpc) is 3.01. The third-order valence-corrected chi connectivity index (χ3v) is 4.33. The Labute approximate surface area is 145 Å². The molecule has 2 amide bonds. The predicted octanol–water partition coefficient (Wildman–Crippen LogP) is 1.68. The van der Waals surface area contributed by atoms with Gasteiger partial charge in [-0.3, -0.25) is 9.59 Å². The van der Waals surface area contributed by atoms with Crippen molar-refractivity contribution in [3.05, 3.63) is 42.2 Å². The standard InChI is InChI=1S/C16H21N5O2S/c1-11(2)21-10-18-20-16(21)24-9-15(23)19-13(8-14(17)22)12-6-4-3-5-7-12/h3-7,10-11,13H,8-9H2,1-2H3,(H2,17,22)(H,19,23)/t13-/m1/s1. The zero-order valence-electron chi connectivity index (χ0n) is 13.7. The van der Waals surface area contributed by atoms with E-state index in [1.807, 2.05) is 48.7 Å². The van der Waals surface area contributed by atoms with Crippen LogP contribution in [0.3, 0.4) is 0 Å². The lowest BCUT2D eigenvalue weighted by Crippen LogP contribution is -2.33. The van der Waals surface area contributed by atoms with Crippen LogP contribution in [0.5, 0.6) is 0 Å². The lowest BCUT2D eigenvalue weighted by molar-refractivity contribution is -0.120. The molecule has 2 aromatic rings. The summed E-state index contributed by atoms with van der Waals surface area (Å²) in [7, 11) is 0. The van der Waals surface area contributed by atoms with Gasteiger partial charge < -0.3 is 15.6 Å². The van der Waals surface area contributed by atoms with Gasteiger partial charge >= 0.3 is 0 Å². The van der Waals surface area contributed by atoms with Gasteiger partial charge in [0.05, 0.1) is 18.2 Å². The van der Waals surface area contributed by atoms with Crippen molar-refractivity contribution in [1.82, 2.24) is 20.1 Å². The molecule has 8 heteroatoms. The molecule has 0 radical (unpaired) electrons. The molecule has 2 rings (SSSR count). The molecule has 1 heterocycles. The van der Waals surface area contributed by atoms with Crippen LogP contribution in [0.1, 0.15) is 37.9 Å². The van der Waals surface area contributed by atoms with Gasteiger partial charge in [0.15, 0.2) is 5.16 Å². The van der Waals surface area contributed by atoms with Gasteiger partial charge in [-0.1, -0.05) is 42.1 Å². The zero-order chi connectivity index (χ0) is 17.5. The van der Waals surface area contributed by atoms with Crippen LogP contribution in [-0.2, 0) is 9.59 Å². The summed E-state index contributed by atoms with van der Waals surface area (Å²) in [6.07, 6.45) is 1.70. The highest BCUT2D eigenvalue weighted by Crippen LogP contribution is 2.20. The monoisotopic (exact) mass is 347 g/mol. The second kappa shape index (κ2) is 8.49. The molecule has 0 saturated heterocycles. The molecule has 0 spiro atoms. The SMILES string of the molecule is CC(C)n1cnnc1SCC(=O)N[C@H](CC(N)=O)c1ccccc1. The Morgan fingerprint density at radius 3 is 2.62 bits per heavy atom. The predicted molar refractivity (Wildman–Crippen MR) is 92.3 cm³/mol. The van der Waals surface area contributed by atoms with E-state index in [1.54, 1.807) is 6.33 Å². The summed E-state index contributed by atoms with van der Waals surface area (Å²) in [5, 5.41) is 11.4. The fourth-order valence-corrected chi connectivity index (χ4v) is 3.05. The first kappa shape index (κ1) is 18.0. The van der Waals surface area contributed by atoms with Crippen molar-refractivity contribution in [2.24, 2.45) is 5.73 Å². The van der Waals surface area contributed by atoms with Crippen molar-refractivity contribution in [1.29, 1.82) is 0 Å². The fraction of sp³-hybridized carbons (Fsp3) is 0.375. The van der Waals surface area contributed by atoms with Crippen LogP contribution < -0.4 is 11.1 Å². The van der Waals surface area contributed by atoms with E-state index in [1.165, 1.54) is 11.8 Å². The van der Waals surface area contributed by atoms with Crippen LogP contribution in [0.4, 0.5) is 0 Å². The van der Waals surface area contributed by atoms with E-state index in [0.29, 0.717) is 5.16 Å². The highest BCUT2D eigenvalue weighted by atomic mass is 32.2. The molecule has 7 nitrogen and oxygen atoms in total. The first-order chi connectivity index (χ1) is 11.5. The number of carbonyl (C=O) groups excluding carboxylic acids is 2. The highest BCUT2D eigenvalue weighted by Gasteiger charge is 2.18. The van der Waals surface area contributed by atoms with Crippen molar-refractivity contribution in [2.45, 2.75) is 37.5 Å². The van der Waals surface area contributed by atoms with Gasteiger partial charge in [-0.05, 0) is 19.4 Å². The number of benzene rings is 1. The number of thioether (sulfide) groups is 1. The number of nitrogens with two attached hydrogens (primary N) is 1. The molecule has 24 heavy (non-hydrogen) atoms. The molecule has 0 aliphatic carbocycles. The van der Waals surface area contributed by atoms with Gasteiger partial charge in [-0.2, -0.15) is 0 Å². The van der Waals surface area contributed by atoms with Crippen LogP contribution in [-0.4, -0.2) is 32.3 Å². The maximum atomic E-state index is 12.2. The van der Waals surface area contributed by atoms with E-state index in [2.05, 4.69) is 15.5 Å². The Bertz CT molecular complexity index is 687. The van der Waals surface area contributed by atoms with Crippen molar-refractivity contribution in [3.8, 4) is 0 Å². The molecule has 1 aromatic heterocycles. The molecule has 0 saturated carbocycles. The van der Waals surface area contributed by atoms with Crippen LogP contribution >= 0.6 is 11.8 Å². The van der Waals surface area contributed by atoms with Gasteiger partial charge in [0, 0.05) is 6.04 Å². The van der Waals surface area contributed by atoms with E-state index in [0.717, 1.165) is 5.56 Å². The number of carbonyl (C=O) groups is 2. The van der Waals surface area contributed by atoms with Crippen molar-refractivity contribution >= 4 is 23.6 Å². The lowest BCUT2D eigenvalue weighted by Gasteiger charge is -2.18. The lowest BCUT2D eigenvalue weighted by atomic mass is 10.0. The zero-order valence-corrected chi connectivity index (χ0v) is 14.5. The Balaban J connectivity index is 1.97. The molecule has 128 valence electrons. The maximum Gasteiger partial charge on any atom is 0.230 e. The van der Waals surface area contributed by atoms with Gasteiger partial charge in [-0.15, -0.1) is 10.2 Å². The summed E-state index contributed by atoms with van der Waals surface area (Å²) >= 11 is 1.31.